The zero-order chi connectivity index (χ0) is 45.9. The topological polar surface area (TPSA) is 95.9 Å². The number of nitrogens with one attached hydrogen (secondary N) is 1. The van der Waals surface area contributed by atoms with Gasteiger partial charge in [0.2, 0.25) is 5.91 Å². The van der Waals surface area contributed by atoms with E-state index in [-0.39, 0.29) is 24.9 Å². The Morgan fingerprint density at radius 3 is 1.21 bits per heavy atom. The number of esters is 1. The number of amides is 1. The molecule has 1 amide bonds. The maximum absolute atomic E-state index is 13.2. The van der Waals surface area contributed by atoms with Gasteiger partial charge in [0.15, 0.2) is 0 Å². The number of aliphatic hydroxyl groups is 2. The summed E-state index contributed by atoms with van der Waals surface area (Å²) in [6.45, 7) is 6.50. The van der Waals surface area contributed by atoms with Gasteiger partial charge in [-0.15, -0.1) is 0 Å². The van der Waals surface area contributed by atoms with E-state index in [0.29, 0.717) is 25.7 Å². The molecule has 3 unspecified atom stereocenters. The van der Waals surface area contributed by atoms with Crippen molar-refractivity contribution in [3.05, 3.63) is 24.3 Å². The summed E-state index contributed by atoms with van der Waals surface area (Å²) in [4.78, 5) is 26.2. The lowest BCUT2D eigenvalue weighted by Crippen LogP contribution is -2.46. The highest BCUT2D eigenvalue weighted by Crippen LogP contribution is 2.18. The van der Waals surface area contributed by atoms with Crippen LogP contribution in [-0.4, -0.2) is 46.9 Å². The lowest BCUT2D eigenvalue weighted by molar-refractivity contribution is -0.150. The van der Waals surface area contributed by atoms with Gasteiger partial charge in [0, 0.05) is 6.42 Å². The van der Waals surface area contributed by atoms with Crippen LogP contribution in [0.4, 0.5) is 0 Å². The SMILES string of the molecule is CCCCCCCC/C=C\C/C=C/CCC(=O)OC(CCCCCCCCCCCCCCCCCC)CC(=O)NC(CO)C(O)CCCCCCCCCCCCCCCCC. The van der Waals surface area contributed by atoms with E-state index in [1.54, 1.807) is 0 Å². The Bertz CT molecular complexity index is 997. The van der Waals surface area contributed by atoms with Crippen molar-refractivity contribution in [3.8, 4) is 0 Å². The third kappa shape index (κ3) is 46.7. The van der Waals surface area contributed by atoms with Crippen molar-refractivity contribution >= 4 is 11.9 Å². The van der Waals surface area contributed by atoms with Crippen molar-refractivity contribution in [2.24, 2.45) is 0 Å². The highest BCUT2D eigenvalue weighted by atomic mass is 16.5. The van der Waals surface area contributed by atoms with Crippen LogP contribution in [0.15, 0.2) is 24.3 Å². The second kappa shape index (κ2) is 51.3. The summed E-state index contributed by atoms with van der Waals surface area (Å²) in [5, 5.41) is 23.8. The summed E-state index contributed by atoms with van der Waals surface area (Å²) >= 11 is 0. The number of carbonyl (C=O) groups is 2. The fourth-order valence-corrected chi connectivity index (χ4v) is 8.78. The molecule has 0 aromatic rings. The van der Waals surface area contributed by atoms with E-state index < -0.39 is 18.2 Å². The fraction of sp³-hybridized carbons (Fsp3) is 0.895. The smallest absolute Gasteiger partial charge is 0.306 e. The Hall–Kier alpha value is -1.66. The largest absolute Gasteiger partial charge is 0.462 e. The number of aliphatic hydroxyl groups excluding tert-OH is 2. The monoisotopic (exact) mass is 888 g/mol. The Morgan fingerprint density at radius 2 is 0.810 bits per heavy atom. The molecule has 0 bridgehead atoms. The summed E-state index contributed by atoms with van der Waals surface area (Å²) in [5.41, 5.74) is 0. The van der Waals surface area contributed by atoms with Crippen molar-refractivity contribution in [2.75, 3.05) is 6.61 Å². The van der Waals surface area contributed by atoms with E-state index in [4.69, 9.17) is 4.74 Å². The number of allylic oxidation sites excluding steroid dienone is 4. The zero-order valence-corrected chi connectivity index (χ0v) is 42.5. The summed E-state index contributed by atoms with van der Waals surface area (Å²) in [7, 11) is 0. The molecule has 0 spiro atoms. The lowest BCUT2D eigenvalue weighted by Gasteiger charge is -2.24. The van der Waals surface area contributed by atoms with Crippen LogP contribution in [0.3, 0.4) is 0 Å². The van der Waals surface area contributed by atoms with Crippen LogP contribution in [-0.2, 0) is 14.3 Å². The Kier molecular flexibility index (Phi) is 50.0. The number of ether oxygens (including phenoxy) is 1. The minimum atomic E-state index is -0.792. The fourth-order valence-electron chi connectivity index (χ4n) is 8.78. The van der Waals surface area contributed by atoms with Crippen molar-refractivity contribution in [3.63, 3.8) is 0 Å². The molecule has 0 aliphatic heterocycles. The molecule has 6 nitrogen and oxygen atoms in total. The predicted molar refractivity (Wildman–Crippen MR) is 273 cm³/mol. The summed E-state index contributed by atoms with van der Waals surface area (Å²) in [5.74, 6) is -0.536. The lowest BCUT2D eigenvalue weighted by atomic mass is 10.0. The number of rotatable bonds is 51. The van der Waals surface area contributed by atoms with Gasteiger partial charge in [0.05, 0.1) is 25.2 Å². The number of unbranched alkanes of at least 4 members (excludes halogenated alkanes) is 35. The first-order valence-corrected chi connectivity index (χ1v) is 28.1. The molecule has 63 heavy (non-hydrogen) atoms. The number of hydrogen-bond acceptors (Lipinski definition) is 5. The molecule has 0 saturated heterocycles. The van der Waals surface area contributed by atoms with Crippen molar-refractivity contribution in [1.82, 2.24) is 5.32 Å². The molecule has 0 fully saturated rings. The van der Waals surface area contributed by atoms with E-state index in [9.17, 15) is 19.8 Å². The highest BCUT2D eigenvalue weighted by molar-refractivity contribution is 5.77. The molecule has 0 saturated carbocycles. The Labute approximate surface area is 392 Å². The van der Waals surface area contributed by atoms with Crippen LogP contribution >= 0.6 is 0 Å². The van der Waals surface area contributed by atoms with E-state index in [0.717, 1.165) is 38.5 Å². The molecule has 0 heterocycles. The molecule has 0 rings (SSSR count). The van der Waals surface area contributed by atoms with Crippen LogP contribution in [0.5, 0.6) is 0 Å². The van der Waals surface area contributed by atoms with E-state index in [1.807, 2.05) is 0 Å². The van der Waals surface area contributed by atoms with Crippen LogP contribution in [0.2, 0.25) is 0 Å². The van der Waals surface area contributed by atoms with Crippen molar-refractivity contribution in [1.29, 1.82) is 0 Å². The van der Waals surface area contributed by atoms with E-state index in [1.165, 1.54) is 212 Å². The molecule has 0 aliphatic carbocycles. The summed E-state index contributed by atoms with van der Waals surface area (Å²) in [6.07, 6.45) is 59.6. The second-order valence-corrected chi connectivity index (χ2v) is 19.3. The molecule has 372 valence electrons. The summed E-state index contributed by atoms with van der Waals surface area (Å²) < 4.78 is 5.92. The van der Waals surface area contributed by atoms with Gasteiger partial charge < -0.3 is 20.3 Å². The Morgan fingerprint density at radius 1 is 0.460 bits per heavy atom. The molecule has 0 aromatic heterocycles. The first kappa shape index (κ1) is 61.3. The average Bonchev–Trinajstić information content (AvgIpc) is 3.28. The van der Waals surface area contributed by atoms with Crippen LogP contribution in [0.1, 0.15) is 303 Å². The van der Waals surface area contributed by atoms with Crippen LogP contribution in [0, 0.1) is 0 Å². The van der Waals surface area contributed by atoms with Gasteiger partial charge in [-0.3, -0.25) is 9.59 Å². The van der Waals surface area contributed by atoms with Gasteiger partial charge in [0.1, 0.15) is 6.10 Å². The quantitative estimate of drug-likeness (QED) is 0.0321. The first-order chi connectivity index (χ1) is 31.0. The van der Waals surface area contributed by atoms with Crippen LogP contribution in [0.25, 0.3) is 0 Å². The molecular formula is C57H109NO5. The minimum absolute atomic E-state index is 0.0614. The molecule has 3 N–H and O–H groups in total. The number of carbonyl (C=O) groups excluding carboxylic acids is 2. The molecule has 0 aromatic carbocycles. The first-order valence-electron chi connectivity index (χ1n) is 28.1. The third-order valence-corrected chi connectivity index (χ3v) is 13.0. The van der Waals surface area contributed by atoms with Gasteiger partial charge in [-0.2, -0.15) is 0 Å². The molecule has 0 radical (unpaired) electrons. The van der Waals surface area contributed by atoms with Gasteiger partial charge in [0.25, 0.3) is 0 Å². The van der Waals surface area contributed by atoms with E-state index in [2.05, 4.69) is 50.4 Å². The molecule has 0 aliphatic rings. The van der Waals surface area contributed by atoms with Crippen molar-refractivity contribution < 1.29 is 24.5 Å². The number of hydrogen-bond donors (Lipinski definition) is 3. The summed E-state index contributed by atoms with van der Waals surface area (Å²) in [6, 6.07) is -0.707. The molecule has 6 heteroatoms. The maximum Gasteiger partial charge on any atom is 0.306 e. The van der Waals surface area contributed by atoms with Gasteiger partial charge in [-0.25, -0.2) is 0 Å². The minimum Gasteiger partial charge on any atom is -0.462 e. The van der Waals surface area contributed by atoms with Gasteiger partial charge in [-0.05, 0) is 44.9 Å². The van der Waals surface area contributed by atoms with Crippen molar-refractivity contribution in [2.45, 2.75) is 322 Å². The Balaban J connectivity index is 4.57. The second-order valence-electron chi connectivity index (χ2n) is 19.3. The zero-order valence-electron chi connectivity index (χ0n) is 42.5. The molecular weight excluding hydrogens is 779 g/mol. The predicted octanol–water partition coefficient (Wildman–Crippen LogP) is 17.1. The third-order valence-electron chi connectivity index (χ3n) is 13.0. The molecule has 3 atom stereocenters. The average molecular weight is 889 g/mol. The van der Waals surface area contributed by atoms with Gasteiger partial charge in [-0.1, -0.05) is 270 Å². The standard InChI is InChI=1S/C57H109NO5/c1-4-7-10-13-16-19-22-25-27-29-31-33-36-39-42-45-48-53(63-57(62)50-47-44-41-38-35-30-24-21-18-15-12-9-6-3)51-56(61)58-54(52-59)55(60)49-46-43-40-37-34-32-28-26-23-20-17-14-11-8-5-2/h30,35,41,44,53-55,59-60H,4-29,31-34,36-40,42-43,45-52H2,1-3H3,(H,58,61)/b35-30-,44-41+. The van der Waals surface area contributed by atoms with Crippen LogP contribution < -0.4 is 5.32 Å². The van der Waals surface area contributed by atoms with Gasteiger partial charge >= 0.3 is 5.97 Å². The maximum atomic E-state index is 13.2. The van der Waals surface area contributed by atoms with E-state index >= 15 is 0 Å². The normalized spacial score (nSPS) is 13.3. The highest BCUT2D eigenvalue weighted by Gasteiger charge is 2.24.